The molecule has 0 aliphatic carbocycles. The van der Waals surface area contributed by atoms with Crippen LogP contribution < -0.4 is 21.2 Å². The molecule has 0 heterocycles. The third-order valence-electron chi connectivity index (χ3n) is 2.89. The second-order valence-corrected chi connectivity index (χ2v) is 7.28. The van der Waals surface area contributed by atoms with E-state index in [1.807, 2.05) is 0 Å². The summed E-state index contributed by atoms with van der Waals surface area (Å²) in [4.78, 5) is 0. The molecule has 0 aromatic heterocycles. The first-order valence-corrected chi connectivity index (χ1v) is 9.85. The summed E-state index contributed by atoms with van der Waals surface area (Å²) < 4.78 is 4.79. The minimum Gasteiger partial charge on any atom is -0.127 e. The predicted molar refractivity (Wildman–Crippen MR) is 80.6 cm³/mol. The molecule has 0 aliphatic heterocycles. The Balaban J connectivity index is 1.91. The Morgan fingerprint density at radius 2 is 1.47 bits per heavy atom. The summed E-state index contributed by atoms with van der Waals surface area (Å²) in [5, 5.41) is 0. The predicted octanol–water partition coefficient (Wildman–Crippen LogP) is 2.27. The summed E-state index contributed by atoms with van der Waals surface area (Å²) in [7, 11) is 0. The van der Waals surface area contributed by atoms with Crippen molar-refractivity contribution in [3.8, 4) is 9.85 Å². The van der Waals surface area contributed by atoms with Crippen molar-refractivity contribution < 1.29 is 21.2 Å². The zero-order valence-corrected chi connectivity index (χ0v) is 14.4. The van der Waals surface area contributed by atoms with Crippen LogP contribution in [-0.4, -0.2) is 5.88 Å². The van der Waals surface area contributed by atoms with E-state index in [0.29, 0.717) is 0 Å². The van der Waals surface area contributed by atoms with Crippen LogP contribution >= 0.6 is 11.6 Å². The van der Waals surface area contributed by atoms with E-state index in [-0.39, 0.29) is 21.2 Å². The van der Waals surface area contributed by atoms with Crippen molar-refractivity contribution in [2.45, 2.75) is 51.4 Å². The van der Waals surface area contributed by atoms with Gasteiger partial charge in [0, 0.05) is 12.3 Å². The third kappa shape index (κ3) is 10.3. The molecule has 19 heavy (non-hydrogen) atoms. The first-order valence-electron chi connectivity index (χ1n) is 7.16. The van der Waals surface area contributed by atoms with E-state index in [0.717, 1.165) is 12.3 Å². The number of unbranched alkanes of at least 4 members (excludes halogenated alkanes) is 7. The topological polar surface area (TPSA) is 0 Å². The maximum atomic E-state index is 5.64. The smallest absolute Gasteiger partial charge is 0.127 e. The lowest BCUT2D eigenvalue weighted by Crippen LogP contribution is -3.59. The van der Waals surface area contributed by atoms with Crippen molar-refractivity contribution in [2.75, 3.05) is 5.88 Å². The van der Waals surface area contributed by atoms with E-state index in [4.69, 9.17) is 11.6 Å². The van der Waals surface area contributed by atoms with Crippen LogP contribution in [0.1, 0.15) is 51.4 Å². The molecule has 1 rings (SSSR count). The lowest BCUT2D eigenvalue weighted by molar-refractivity contribution is -0.535. The summed E-state index contributed by atoms with van der Waals surface area (Å²) >= 11 is 5.56. The van der Waals surface area contributed by atoms with E-state index in [1.54, 1.807) is 0 Å². The molecule has 0 atom stereocenters. The normalized spacial score (nSPS) is 9.95. The Hall–Kier alpha value is -0.200. The molecule has 0 radical (unpaired) electrons. The standard InChI is InChI=1S/C17H23ClI/c18-15-11-6-4-2-1-3-5-7-12-16-19-17-13-9-8-10-14-17/h8-10,13-14H,1-7,11,15H2/q+1. The van der Waals surface area contributed by atoms with Gasteiger partial charge in [0.05, 0.1) is 0 Å². The van der Waals surface area contributed by atoms with Crippen LogP contribution in [0.4, 0.5) is 0 Å². The van der Waals surface area contributed by atoms with Gasteiger partial charge in [-0.3, -0.25) is 0 Å². The summed E-state index contributed by atoms with van der Waals surface area (Å²) in [5.74, 6) is 4.15. The summed E-state index contributed by atoms with van der Waals surface area (Å²) in [6.07, 6.45) is 10.2. The van der Waals surface area contributed by atoms with E-state index >= 15 is 0 Å². The zero-order chi connectivity index (χ0) is 13.6. The van der Waals surface area contributed by atoms with Gasteiger partial charge in [-0.25, -0.2) is 0 Å². The molecular weight excluding hydrogens is 367 g/mol. The highest BCUT2D eigenvalue weighted by Gasteiger charge is 2.05. The zero-order valence-electron chi connectivity index (χ0n) is 11.5. The highest BCUT2D eigenvalue weighted by Crippen LogP contribution is 2.08. The Morgan fingerprint density at radius 1 is 0.842 bits per heavy atom. The molecule has 0 saturated heterocycles. The molecule has 0 N–H and O–H groups in total. The average molecular weight is 390 g/mol. The number of benzene rings is 1. The molecule has 0 bridgehead atoms. The van der Waals surface area contributed by atoms with Gasteiger partial charge in [0.2, 0.25) is 3.57 Å². The van der Waals surface area contributed by atoms with Crippen LogP contribution in [0, 0.1) is 13.4 Å². The SMILES string of the molecule is ClCCCCCCCCCC#C[I+]c1ccccc1. The second kappa shape index (κ2) is 12.8. The molecule has 0 spiro atoms. The quantitative estimate of drug-likeness (QED) is 0.263. The molecule has 0 fully saturated rings. The van der Waals surface area contributed by atoms with Crippen LogP contribution in [0.3, 0.4) is 0 Å². The fourth-order valence-electron chi connectivity index (χ4n) is 1.80. The molecule has 0 saturated carbocycles. The average Bonchev–Trinajstić information content (AvgIpc) is 2.46. The Morgan fingerprint density at radius 3 is 2.16 bits per heavy atom. The Bertz CT molecular complexity index is 364. The highest BCUT2D eigenvalue weighted by molar-refractivity contribution is 6.17. The van der Waals surface area contributed by atoms with Crippen LogP contribution in [0.2, 0.25) is 0 Å². The van der Waals surface area contributed by atoms with Crippen molar-refractivity contribution in [3.05, 3.63) is 33.9 Å². The molecule has 1 aromatic carbocycles. The number of hydrogen-bond acceptors (Lipinski definition) is 0. The second-order valence-electron chi connectivity index (χ2n) is 4.58. The van der Waals surface area contributed by atoms with Gasteiger partial charge in [0.1, 0.15) is 0 Å². The van der Waals surface area contributed by atoms with Gasteiger partial charge in [-0.05, 0) is 30.9 Å². The van der Waals surface area contributed by atoms with Crippen LogP contribution in [0.15, 0.2) is 30.3 Å². The van der Waals surface area contributed by atoms with E-state index < -0.39 is 0 Å². The lowest BCUT2D eigenvalue weighted by Gasteiger charge is -1.98. The molecule has 104 valence electrons. The molecule has 0 nitrogen and oxygen atoms in total. The van der Waals surface area contributed by atoms with E-state index in [1.165, 1.54) is 48.5 Å². The number of rotatable bonds is 9. The highest BCUT2D eigenvalue weighted by atomic mass is 127. The van der Waals surface area contributed by atoms with Crippen molar-refractivity contribution in [3.63, 3.8) is 0 Å². The summed E-state index contributed by atoms with van der Waals surface area (Å²) in [5.41, 5.74) is 0. The first-order chi connectivity index (χ1) is 9.43. The summed E-state index contributed by atoms with van der Waals surface area (Å²) in [6, 6.07) is 10.6. The Labute approximate surface area is 133 Å². The molecule has 1 aromatic rings. The van der Waals surface area contributed by atoms with Gasteiger partial charge in [-0.2, -0.15) is 0 Å². The fourth-order valence-corrected chi connectivity index (χ4v) is 3.54. The molecule has 0 aliphatic rings. The van der Waals surface area contributed by atoms with E-state index in [2.05, 4.69) is 40.2 Å². The molecular formula is C17H23ClI+. The van der Waals surface area contributed by atoms with Crippen molar-refractivity contribution in [1.82, 2.24) is 0 Å². The molecule has 2 heteroatoms. The summed E-state index contributed by atoms with van der Waals surface area (Å²) in [6.45, 7) is 0. The molecule has 0 amide bonds. The minimum atomic E-state index is -0.0834. The maximum Gasteiger partial charge on any atom is 0.419 e. The number of halogens is 2. The monoisotopic (exact) mass is 389 g/mol. The van der Waals surface area contributed by atoms with Gasteiger partial charge in [0.25, 0.3) is 0 Å². The van der Waals surface area contributed by atoms with Crippen molar-refractivity contribution >= 4 is 11.6 Å². The van der Waals surface area contributed by atoms with Gasteiger partial charge < -0.3 is 0 Å². The van der Waals surface area contributed by atoms with Gasteiger partial charge >= 0.3 is 21.2 Å². The first kappa shape index (κ1) is 16.9. The van der Waals surface area contributed by atoms with E-state index in [9.17, 15) is 0 Å². The fraction of sp³-hybridized carbons (Fsp3) is 0.529. The molecule has 0 unspecified atom stereocenters. The third-order valence-corrected chi connectivity index (χ3v) is 5.15. The number of hydrogen-bond donors (Lipinski definition) is 0. The van der Waals surface area contributed by atoms with Gasteiger partial charge in [-0.1, -0.05) is 50.3 Å². The van der Waals surface area contributed by atoms with Gasteiger partial charge in [-0.15, -0.1) is 11.6 Å². The number of alkyl halides is 1. The maximum absolute atomic E-state index is 5.64. The largest absolute Gasteiger partial charge is 0.419 e. The van der Waals surface area contributed by atoms with Crippen molar-refractivity contribution in [2.24, 2.45) is 0 Å². The minimum absolute atomic E-state index is 0.0834. The van der Waals surface area contributed by atoms with Crippen LogP contribution in [-0.2, 0) is 0 Å². The Kier molecular flexibility index (Phi) is 11.4. The lowest BCUT2D eigenvalue weighted by atomic mass is 10.1. The van der Waals surface area contributed by atoms with Crippen LogP contribution in [0.5, 0.6) is 0 Å². The van der Waals surface area contributed by atoms with Gasteiger partial charge in [0.15, 0.2) is 3.93 Å². The van der Waals surface area contributed by atoms with Crippen molar-refractivity contribution in [1.29, 1.82) is 0 Å². The van der Waals surface area contributed by atoms with Crippen LogP contribution in [0.25, 0.3) is 0 Å².